The maximum atomic E-state index is 5.83. The van der Waals surface area contributed by atoms with E-state index in [0.717, 1.165) is 32.0 Å². The standard InChI is InChI=1S/C14H21NO/c1-4-15-7-8-16-14-9-12(11(2)3)5-6-13(14)10-15/h5-6,9,11H,4,7-8,10H2,1-3H3. The minimum Gasteiger partial charge on any atom is -0.492 e. The Morgan fingerprint density at radius 2 is 2.19 bits per heavy atom. The fourth-order valence-electron chi connectivity index (χ4n) is 2.07. The second-order valence-electron chi connectivity index (χ2n) is 4.74. The molecule has 1 aromatic rings. The molecule has 1 aliphatic heterocycles. The Labute approximate surface area is 98.2 Å². The molecule has 0 fully saturated rings. The first-order valence-electron chi connectivity index (χ1n) is 6.18. The van der Waals surface area contributed by atoms with Crippen LogP contribution in [-0.2, 0) is 6.54 Å². The molecule has 2 heteroatoms. The summed E-state index contributed by atoms with van der Waals surface area (Å²) in [6.45, 7) is 10.6. The highest BCUT2D eigenvalue weighted by Gasteiger charge is 2.14. The Bertz CT molecular complexity index is 360. The molecule has 0 atom stereocenters. The first-order valence-corrected chi connectivity index (χ1v) is 6.18. The van der Waals surface area contributed by atoms with Gasteiger partial charge in [0.15, 0.2) is 0 Å². The van der Waals surface area contributed by atoms with Crippen LogP contribution < -0.4 is 4.74 Å². The fourth-order valence-corrected chi connectivity index (χ4v) is 2.07. The fraction of sp³-hybridized carbons (Fsp3) is 0.571. The van der Waals surface area contributed by atoms with Crippen LogP contribution in [0.15, 0.2) is 18.2 Å². The molecule has 88 valence electrons. The number of fused-ring (bicyclic) bond motifs is 1. The minimum atomic E-state index is 0.569. The largest absolute Gasteiger partial charge is 0.492 e. The molecule has 0 radical (unpaired) electrons. The summed E-state index contributed by atoms with van der Waals surface area (Å²) in [6.07, 6.45) is 0. The van der Waals surface area contributed by atoms with Crippen LogP contribution in [0.2, 0.25) is 0 Å². The molecule has 1 heterocycles. The number of ether oxygens (including phenoxy) is 1. The minimum absolute atomic E-state index is 0.569. The number of rotatable bonds is 2. The van der Waals surface area contributed by atoms with E-state index in [-0.39, 0.29) is 0 Å². The molecular formula is C14H21NO. The predicted octanol–water partition coefficient (Wildman–Crippen LogP) is 3.02. The molecule has 0 saturated heterocycles. The van der Waals surface area contributed by atoms with E-state index >= 15 is 0 Å². The van der Waals surface area contributed by atoms with Gasteiger partial charge in [0.25, 0.3) is 0 Å². The van der Waals surface area contributed by atoms with E-state index < -0.39 is 0 Å². The molecule has 2 nitrogen and oxygen atoms in total. The molecule has 0 unspecified atom stereocenters. The van der Waals surface area contributed by atoms with Crippen LogP contribution in [0.4, 0.5) is 0 Å². The number of benzene rings is 1. The van der Waals surface area contributed by atoms with E-state index in [1.165, 1.54) is 11.1 Å². The van der Waals surface area contributed by atoms with Gasteiger partial charge in [0.2, 0.25) is 0 Å². The third-order valence-corrected chi connectivity index (χ3v) is 3.26. The average Bonchev–Trinajstić information content (AvgIpc) is 2.49. The number of hydrogen-bond donors (Lipinski definition) is 0. The summed E-state index contributed by atoms with van der Waals surface area (Å²) < 4.78 is 5.83. The summed E-state index contributed by atoms with van der Waals surface area (Å²) >= 11 is 0. The van der Waals surface area contributed by atoms with Crippen molar-refractivity contribution >= 4 is 0 Å². The van der Waals surface area contributed by atoms with Gasteiger partial charge in [-0.3, -0.25) is 4.90 Å². The van der Waals surface area contributed by atoms with Crippen LogP contribution >= 0.6 is 0 Å². The predicted molar refractivity (Wildman–Crippen MR) is 67.0 cm³/mol. The van der Waals surface area contributed by atoms with Crippen LogP contribution in [0, 0.1) is 0 Å². The molecule has 1 aromatic carbocycles. The molecule has 0 saturated carbocycles. The van der Waals surface area contributed by atoms with Gasteiger partial charge in [0.1, 0.15) is 12.4 Å². The van der Waals surface area contributed by atoms with Crippen molar-refractivity contribution in [1.82, 2.24) is 4.90 Å². The highest BCUT2D eigenvalue weighted by molar-refractivity contribution is 5.39. The lowest BCUT2D eigenvalue weighted by Crippen LogP contribution is -2.25. The zero-order chi connectivity index (χ0) is 11.5. The smallest absolute Gasteiger partial charge is 0.124 e. The second kappa shape index (κ2) is 4.88. The van der Waals surface area contributed by atoms with Gasteiger partial charge in [-0.1, -0.05) is 32.9 Å². The molecule has 2 rings (SSSR count). The van der Waals surface area contributed by atoms with E-state index in [1.807, 2.05) is 0 Å². The number of likely N-dealkylation sites (N-methyl/N-ethyl adjacent to an activating group) is 1. The van der Waals surface area contributed by atoms with E-state index in [2.05, 4.69) is 43.9 Å². The van der Waals surface area contributed by atoms with E-state index in [9.17, 15) is 0 Å². The van der Waals surface area contributed by atoms with Crippen molar-refractivity contribution in [2.75, 3.05) is 19.7 Å². The Morgan fingerprint density at radius 1 is 1.38 bits per heavy atom. The lowest BCUT2D eigenvalue weighted by atomic mass is 10.0. The van der Waals surface area contributed by atoms with Gasteiger partial charge in [-0.25, -0.2) is 0 Å². The van der Waals surface area contributed by atoms with Crippen molar-refractivity contribution in [1.29, 1.82) is 0 Å². The van der Waals surface area contributed by atoms with Crippen molar-refractivity contribution in [2.45, 2.75) is 33.2 Å². The maximum Gasteiger partial charge on any atom is 0.124 e. The van der Waals surface area contributed by atoms with E-state index in [1.54, 1.807) is 0 Å². The van der Waals surface area contributed by atoms with Gasteiger partial charge in [-0.05, 0) is 24.1 Å². The molecule has 0 amide bonds. The van der Waals surface area contributed by atoms with E-state index in [0.29, 0.717) is 5.92 Å². The van der Waals surface area contributed by atoms with Gasteiger partial charge in [-0.2, -0.15) is 0 Å². The van der Waals surface area contributed by atoms with Gasteiger partial charge in [-0.15, -0.1) is 0 Å². The van der Waals surface area contributed by atoms with E-state index in [4.69, 9.17) is 4.74 Å². The SMILES string of the molecule is CCN1CCOc2cc(C(C)C)ccc2C1. The maximum absolute atomic E-state index is 5.83. The van der Waals surface area contributed by atoms with Crippen molar-refractivity contribution < 1.29 is 4.74 Å². The summed E-state index contributed by atoms with van der Waals surface area (Å²) in [4.78, 5) is 2.42. The van der Waals surface area contributed by atoms with Crippen LogP contribution in [0.1, 0.15) is 37.8 Å². The Morgan fingerprint density at radius 3 is 2.88 bits per heavy atom. The topological polar surface area (TPSA) is 12.5 Å². The normalized spacial score (nSPS) is 16.8. The molecule has 1 aliphatic rings. The van der Waals surface area contributed by atoms with Crippen molar-refractivity contribution in [3.63, 3.8) is 0 Å². The van der Waals surface area contributed by atoms with Gasteiger partial charge >= 0.3 is 0 Å². The lowest BCUT2D eigenvalue weighted by molar-refractivity contribution is 0.234. The third-order valence-electron chi connectivity index (χ3n) is 3.26. The zero-order valence-electron chi connectivity index (χ0n) is 10.5. The average molecular weight is 219 g/mol. The summed E-state index contributed by atoms with van der Waals surface area (Å²) in [5.74, 6) is 1.65. The molecule has 16 heavy (non-hydrogen) atoms. The van der Waals surface area contributed by atoms with Crippen molar-refractivity contribution in [3.8, 4) is 5.75 Å². The Balaban J connectivity index is 2.27. The van der Waals surface area contributed by atoms with Gasteiger partial charge < -0.3 is 4.74 Å². The first-order chi connectivity index (χ1) is 7.70. The summed E-state index contributed by atoms with van der Waals surface area (Å²) in [6, 6.07) is 6.66. The molecule has 0 spiro atoms. The van der Waals surface area contributed by atoms with Crippen molar-refractivity contribution in [2.24, 2.45) is 0 Å². The van der Waals surface area contributed by atoms with Gasteiger partial charge in [0, 0.05) is 18.7 Å². The molecule has 0 bridgehead atoms. The monoisotopic (exact) mass is 219 g/mol. The van der Waals surface area contributed by atoms with Crippen LogP contribution in [-0.4, -0.2) is 24.6 Å². The molecular weight excluding hydrogens is 198 g/mol. The number of nitrogens with zero attached hydrogens (tertiary/aromatic N) is 1. The molecule has 0 N–H and O–H groups in total. The Kier molecular flexibility index (Phi) is 3.49. The number of hydrogen-bond acceptors (Lipinski definition) is 2. The van der Waals surface area contributed by atoms with Crippen molar-refractivity contribution in [3.05, 3.63) is 29.3 Å². The first kappa shape index (κ1) is 11.5. The summed E-state index contributed by atoms with van der Waals surface area (Å²) in [5, 5.41) is 0. The lowest BCUT2D eigenvalue weighted by Gasteiger charge is -2.16. The van der Waals surface area contributed by atoms with Crippen LogP contribution in [0.5, 0.6) is 5.75 Å². The summed E-state index contributed by atoms with van der Waals surface area (Å²) in [7, 11) is 0. The highest BCUT2D eigenvalue weighted by Crippen LogP contribution is 2.27. The highest BCUT2D eigenvalue weighted by atomic mass is 16.5. The third kappa shape index (κ3) is 2.38. The second-order valence-corrected chi connectivity index (χ2v) is 4.74. The quantitative estimate of drug-likeness (QED) is 0.758. The summed E-state index contributed by atoms with van der Waals surface area (Å²) in [5.41, 5.74) is 2.69. The van der Waals surface area contributed by atoms with Crippen LogP contribution in [0.25, 0.3) is 0 Å². The van der Waals surface area contributed by atoms with Crippen LogP contribution in [0.3, 0.4) is 0 Å². The van der Waals surface area contributed by atoms with Gasteiger partial charge in [0.05, 0.1) is 0 Å². The molecule has 0 aromatic heterocycles. The Hall–Kier alpha value is -1.02. The zero-order valence-corrected chi connectivity index (χ0v) is 10.5. The molecule has 0 aliphatic carbocycles.